The Labute approximate surface area is 194 Å². The number of fused-ring (bicyclic) bond motifs is 1. The summed E-state index contributed by atoms with van der Waals surface area (Å²) in [5, 5.41) is 4.19. The number of methoxy groups -OCH3 is 1. The second kappa shape index (κ2) is 9.77. The maximum atomic E-state index is 13.5. The Hall–Kier alpha value is -3.80. The van der Waals surface area contributed by atoms with Crippen molar-refractivity contribution in [3.8, 4) is 5.75 Å². The van der Waals surface area contributed by atoms with E-state index in [1.54, 1.807) is 13.3 Å². The van der Waals surface area contributed by atoms with Crippen LogP contribution in [0.25, 0.3) is 11.0 Å². The van der Waals surface area contributed by atoms with Crippen molar-refractivity contribution in [2.75, 3.05) is 19.0 Å². The zero-order valence-corrected chi connectivity index (χ0v) is 19.6. The maximum absolute atomic E-state index is 13.5. The number of hydrogen-bond donors (Lipinski definition) is 2. The summed E-state index contributed by atoms with van der Waals surface area (Å²) in [6.45, 7) is 6.66. The molecule has 6 heteroatoms. The minimum absolute atomic E-state index is 0.131. The highest BCUT2D eigenvalue weighted by atomic mass is 16.5. The second-order valence-electron chi connectivity index (χ2n) is 8.42. The van der Waals surface area contributed by atoms with Gasteiger partial charge in [-0.25, -0.2) is 9.78 Å². The molecule has 2 heterocycles. The third-order valence-electron chi connectivity index (χ3n) is 5.94. The Morgan fingerprint density at radius 3 is 2.67 bits per heavy atom. The summed E-state index contributed by atoms with van der Waals surface area (Å²) in [7, 11) is 1.65. The number of aromatic amines is 1. The van der Waals surface area contributed by atoms with E-state index >= 15 is 0 Å². The molecule has 0 aliphatic rings. The van der Waals surface area contributed by atoms with Crippen molar-refractivity contribution in [1.82, 2.24) is 14.9 Å². The molecule has 1 unspecified atom stereocenters. The molecule has 0 aliphatic carbocycles. The Kier molecular flexibility index (Phi) is 6.63. The van der Waals surface area contributed by atoms with Gasteiger partial charge in [-0.15, -0.1) is 0 Å². The van der Waals surface area contributed by atoms with E-state index in [9.17, 15) is 4.79 Å². The molecule has 0 saturated carbocycles. The summed E-state index contributed by atoms with van der Waals surface area (Å²) in [5.41, 5.74) is 6.05. The van der Waals surface area contributed by atoms with Gasteiger partial charge in [0.25, 0.3) is 0 Å². The highest BCUT2D eigenvalue weighted by Gasteiger charge is 2.23. The molecule has 33 heavy (non-hydrogen) atoms. The summed E-state index contributed by atoms with van der Waals surface area (Å²) in [5.74, 6) is 0.775. The lowest BCUT2D eigenvalue weighted by atomic mass is 10.1. The van der Waals surface area contributed by atoms with Crippen LogP contribution in [0.4, 0.5) is 10.5 Å². The Morgan fingerprint density at radius 1 is 1.12 bits per heavy atom. The Balaban J connectivity index is 1.60. The molecule has 0 saturated heterocycles. The molecule has 1 atom stereocenters. The van der Waals surface area contributed by atoms with Crippen LogP contribution in [-0.2, 0) is 6.42 Å². The van der Waals surface area contributed by atoms with Crippen LogP contribution in [0.15, 0.2) is 67.0 Å². The van der Waals surface area contributed by atoms with E-state index in [0.717, 1.165) is 44.7 Å². The number of hydrogen-bond acceptors (Lipinski definition) is 3. The van der Waals surface area contributed by atoms with Gasteiger partial charge in [-0.2, -0.15) is 0 Å². The minimum Gasteiger partial charge on any atom is -0.497 e. The number of anilines is 1. The summed E-state index contributed by atoms with van der Waals surface area (Å²) >= 11 is 0. The number of carbonyl (C=O) groups excluding carboxylic acids is 1. The molecule has 0 radical (unpaired) electrons. The number of amides is 2. The standard InChI is InChI=1S/C27H30N4O2/c1-18-13-19(2)15-23(14-18)30-27(32)31(20(3)21-7-5-8-24(16-21)33-4)12-10-22-17-29-26-25(22)9-6-11-28-26/h5-9,11,13-17,20H,10,12H2,1-4H3,(H,28,29)(H,30,32). The highest BCUT2D eigenvalue weighted by molar-refractivity contribution is 5.90. The lowest BCUT2D eigenvalue weighted by Gasteiger charge is -2.30. The molecule has 0 aliphatic heterocycles. The van der Waals surface area contributed by atoms with Crippen LogP contribution in [0.3, 0.4) is 0 Å². The number of pyridine rings is 1. The van der Waals surface area contributed by atoms with Crippen molar-refractivity contribution < 1.29 is 9.53 Å². The van der Waals surface area contributed by atoms with E-state index in [1.807, 2.05) is 74.3 Å². The smallest absolute Gasteiger partial charge is 0.322 e. The van der Waals surface area contributed by atoms with Gasteiger partial charge in [0.2, 0.25) is 0 Å². The number of urea groups is 1. The lowest BCUT2D eigenvalue weighted by molar-refractivity contribution is 0.194. The fraction of sp³-hybridized carbons (Fsp3) is 0.259. The molecule has 170 valence electrons. The summed E-state index contributed by atoms with van der Waals surface area (Å²) < 4.78 is 5.40. The molecule has 2 amide bonds. The molecule has 0 spiro atoms. The number of ether oxygens (including phenoxy) is 1. The first-order valence-corrected chi connectivity index (χ1v) is 11.2. The van der Waals surface area contributed by atoms with E-state index in [4.69, 9.17) is 4.74 Å². The molecule has 0 fully saturated rings. The van der Waals surface area contributed by atoms with Crippen molar-refractivity contribution >= 4 is 22.8 Å². The fourth-order valence-electron chi connectivity index (χ4n) is 4.25. The van der Waals surface area contributed by atoms with Crippen LogP contribution in [0.5, 0.6) is 5.75 Å². The van der Waals surface area contributed by atoms with Gasteiger partial charge in [-0.1, -0.05) is 18.2 Å². The SMILES string of the molecule is COc1cccc(C(C)N(CCc2c[nH]c3ncccc23)C(=O)Nc2cc(C)cc(C)c2)c1. The molecule has 2 N–H and O–H groups in total. The molecular formula is C27H30N4O2. The van der Waals surface area contributed by atoms with Gasteiger partial charge in [0, 0.05) is 30.0 Å². The van der Waals surface area contributed by atoms with E-state index in [1.165, 1.54) is 0 Å². The molecule has 2 aromatic carbocycles. The fourth-order valence-corrected chi connectivity index (χ4v) is 4.25. The molecular weight excluding hydrogens is 412 g/mol. The molecule has 2 aromatic heterocycles. The van der Waals surface area contributed by atoms with E-state index < -0.39 is 0 Å². The predicted molar refractivity (Wildman–Crippen MR) is 133 cm³/mol. The van der Waals surface area contributed by atoms with Crippen LogP contribution in [-0.4, -0.2) is 34.6 Å². The van der Waals surface area contributed by atoms with Gasteiger partial charge in [-0.3, -0.25) is 0 Å². The maximum Gasteiger partial charge on any atom is 0.322 e. The van der Waals surface area contributed by atoms with Crippen LogP contribution in [0.2, 0.25) is 0 Å². The summed E-state index contributed by atoms with van der Waals surface area (Å²) in [4.78, 5) is 23.0. The average Bonchev–Trinajstić information content (AvgIpc) is 3.21. The van der Waals surface area contributed by atoms with Crippen LogP contribution in [0.1, 0.15) is 35.2 Å². The number of aromatic nitrogens is 2. The number of carbonyl (C=O) groups is 1. The number of aryl methyl sites for hydroxylation is 2. The third-order valence-corrected chi connectivity index (χ3v) is 5.94. The number of nitrogens with zero attached hydrogens (tertiary/aromatic N) is 2. The third kappa shape index (κ3) is 5.17. The minimum atomic E-state index is -0.144. The zero-order chi connectivity index (χ0) is 23.4. The number of H-pyrrole nitrogens is 1. The first-order chi connectivity index (χ1) is 15.9. The molecule has 6 nitrogen and oxygen atoms in total. The van der Waals surface area contributed by atoms with Gasteiger partial charge in [0.05, 0.1) is 13.2 Å². The largest absolute Gasteiger partial charge is 0.497 e. The number of benzene rings is 2. The van der Waals surface area contributed by atoms with Crippen LogP contribution in [0, 0.1) is 13.8 Å². The first-order valence-electron chi connectivity index (χ1n) is 11.2. The first kappa shape index (κ1) is 22.4. The lowest BCUT2D eigenvalue weighted by Crippen LogP contribution is -2.38. The average molecular weight is 443 g/mol. The molecule has 4 aromatic rings. The van der Waals surface area contributed by atoms with Crippen molar-refractivity contribution in [2.45, 2.75) is 33.2 Å². The number of nitrogens with one attached hydrogen (secondary N) is 2. The van der Waals surface area contributed by atoms with E-state index in [-0.39, 0.29) is 12.1 Å². The van der Waals surface area contributed by atoms with E-state index in [2.05, 4.69) is 27.4 Å². The van der Waals surface area contributed by atoms with Gasteiger partial charge < -0.3 is 19.9 Å². The van der Waals surface area contributed by atoms with Crippen molar-refractivity contribution in [3.63, 3.8) is 0 Å². The summed E-state index contributed by atoms with van der Waals surface area (Å²) in [6, 6.07) is 17.7. The van der Waals surface area contributed by atoms with Crippen LogP contribution >= 0.6 is 0 Å². The highest BCUT2D eigenvalue weighted by Crippen LogP contribution is 2.26. The Morgan fingerprint density at radius 2 is 1.91 bits per heavy atom. The second-order valence-corrected chi connectivity index (χ2v) is 8.42. The monoisotopic (exact) mass is 442 g/mol. The quantitative estimate of drug-likeness (QED) is 0.367. The molecule has 4 rings (SSSR count). The van der Waals surface area contributed by atoms with Crippen molar-refractivity contribution in [3.05, 3.63) is 89.2 Å². The normalized spacial score (nSPS) is 11.9. The molecule has 0 bridgehead atoms. The number of rotatable bonds is 7. The van der Waals surface area contributed by atoms with Gasteiger partial charge >= 0.3 is 6.03 Å². The van der Waals surface area contributed by atoms with E-state index in [0.29, 0.717) is 13.0 Å². The summed E-state index contributed by atoms with van der Waals surface area (Å²) in [6.07, 6.45) is 4.46. The zero-order valence-electron chi connectivity index (χ0n) is 19.6. The van der Waals surface area contributed by atoms with Crippen molar-refractivity contribution in [2.24, 2.45) is 0 Å². The topological polar surface area (TPSA) is 70.2 Å². The van der Waals surface area contributed by atoms with Gasteiger partial charge in [0.15, 0.2) is 0 Å². The van der Waals surface area contributed by atoms with Crippen LogP contribution < -0.4 is 10.1 Å². The van der Waals surface area contributed by atoms with Gasteiger partial charge in [-0.05, 0) is 85.8 Å². The van der Waals surface area contributed by atoms with Crippen molar-refractivity contribution in [1.29, 1.82) is 0 Å². The Bertz CT molecular complexity index is 1240. The van der Waals surface area contributed by atoms with Gasteiger partial charge in [0.1, 0.15) is 11.4 Å². The predicted octanol–water partition coefficient (Wildman–Crippen LogP) is 6.03.